The summed E-state index contributed by atoms with van der Waals surface area (Å²) >= 11 is 0. The molecule has 2 N–H and O–H groups in total. The standard InChI is InChI=1S/C16H30O2.H2O/c1-4-5-6-7-8-9-10-11-12-13-14-18-16(17)15(2)3;/h2,4-14H2,1,3H3;1H2. The Balaban J connectivity index is 0. The highest BCUT2D eigenvalue weighted by Gasteiger charge is 2.01. The predicted molar refractivity (Wildman–Crippen MR) is 81.2 cm³/mol. The summed E-state index contributed by atoms with van der Waals surface area (Å²) in [5, 5.41) is 0. The summed E-state index contributed by atoms with van der Waals surface area (Å²) in [6.45, 7) is 8.03. The van der Waals surface area contributed by atoms with Crippen LogP contribution in [0.5, 0.6) is 0 Å². The summed E-state index contributed by atoms with van der Waals surface area (Å²) in [5.41, 5.74) is 0.488. The van der Waals surface area contributed by atoms with Crippen LogP contribution in [0.2, 0.25) is 0 Å². The second kappa shape index (κ2) is 15.2. The molecule has 0 unspecified atom stereocenters. The van der Waals surface area contributed by atoms with E-state index in [1.54, 1.807) is 6.92 Å². The molecule has 3 heteroatoms. The average Bonchev–Trinajstić information content (AvgIpc) is 2.35. The fraction of sp³-hybridized carbons (Fsp3) is 0.812. The van der Waals surface area contributed by atoms with Crippen LogP contribution < -0.4 is 0 Å². The van der Waals surface area contributed by atoms with E-state index in [0.29, 0.717) is 12.2 Å². The molecule has 0 atom stereocenters. The summed E-state index contributed by atoms with van der Waals surface area (Å²) < 4.78 is 5.04. The van der Waals surface area contributed by atoms with Gasteiger partial charge in [-0.1, -0.05) is 71.3 Å². The van der Waals surface area contributed by atoms with Gasteiger partial charge in [0.25, 0.3) is 0 Å². The molecule has 114 valence electrons. The maximum atomic E-state index is 11.1. The second-order valence-corrected chi connectivity index (χ2v) is 5.10. The number of unbranched alkanes of at least 4 members (excludes halogenated alkanes) is 9. The molecule has 3 nitrogen and oxygen atoms in total. The Labute approximate surface area is 118 Å². The van der Waals surface area contributed by atoms with E-state index in [9.17, 15) is 4.79 Å². The number of rotatable bonds is 12. The smallest absolute Gasteiger partial charge is 0.333 e. The third-order valence-electron chi connectivity index (χ3n) is 3.08. The molecule has 0 amide bonds. The van der Waals surface area contributed by atoms with Crippen molar-refractivity contribution in [2.45, 2.75) is 78.1 Å². The van der Waals surface area contributed by atoms with Gasteiger partial charge in [-0.3, -0.25) is 0 Å². The normalized spacial score (nSPS) is 9.79. The van der Waals surface area contributed by atoms with Crippen LogP contribution in [-0.4, -0.2) is 18.1 Å². The number of esters is 1. The molecule has 0 spiro atoms. The first-order valence-corrected chi connectivity index (χ1v) is 7.51. The zero-order chi connectivity index (χ0) is 13.6. The molecule has 0 saturated heterocycles. The van der Waals surface area contributed by atoms with Crippen molar-refractivity contribution in [3.05, 3.63) is 12.2 Å². The molecule has 0 aliphatic rings. The third-order valence-corrected chi connectivity index (χ3v) is 3.08. The van der Waals surface area contributed by atoms with E-state index in [1.807, 2.05) is 0 Å². The van der Waals surface area contributed by atoms with Crippen molar-refractivity contribution in [3.8, 4) is 0 Å². The molecule has 0 bridgehead atoms. The first kappa shape index (κ1) is 20.5. The van der Waals surface area contributed by atoms with E-state index in [-0.39, 0.29) is 11.4 Å². The van der Waals surface area contributed by atoms with Crippen molar-refractivity contribution in [2.75, 3.05) is 6.61 Å². The van der Waals surface area contributed by atoms with E-state index >= 15 is 0 Å². The van der Waals surface area contributed by atoms with Crippen molar-refractivity contribution < 1.29 is 15.0 Å². The van der Waals surface area contributed by atoms with Crippen molar-refractivity contribution in [1.29, 1.82) is 0 Å². The molecule has 0 aliphatic carbocycles. The molecule has 0 heterocycles. The number of hydrogen-bond acceptors (Lipinski definition) is 2. The lowest BCUT2D eigenvalue weighted by atomic mass is 10.1. The van der Waals surface area contributed by atoms with Gasteiger partial charge in [-0.2, -0.15) is 0 Å². The minimum Gasteiger partial charge on any atom is -0.462 e. The summed E-state index contributed by atoms with van der Waals surface area (Å²) in [5.74, 6) is -0.258. The molecule has 0 rings (SSSR count). The van der Waals surface area contributed by atoms with Crippen LogP contribution in [0, 0.1) is 0 Å². The fourth-order valence-electron chi connectivity index (χ4n) is 1.88. The Hall–Kier alpha value is -0.830. The number of carbonyl (C=O) groups is 1. The van der Waals surface area contributed by atoms with Crippen LogP contribution in [-0.2, 0) is 9.53 Å². The molecule has 0 aromatic heterocycles. The highest BCUT2D eigenvalue weighted by molar-refractivity contribution is 5.86. The Morgan fingerprint density at radius 2 is 1.32 bits per heavy atom. The maximum Gasteiger partial charge on any atom is 0.333 e. The van der Waals surface area contributed by atoms with E-state index in [4.69, 9.17) is 4.74 Å². The van der Waals surface area contributed by atoms with Gasteiger partial charge >= 0.3 is 5.97 Å². The molecular weight excluding hydrogens is 240 g/mol. The predicted octanol–water partition coefficient (Wildman–Crippen LogP) is 4.20. The van der Waals surface area contributed by atoms with Crippen molar-refractivity contribution >= 4 is 5.97 Å². The van der Waals surface area contributed by atoms with Gasteiger partial charge in [-0.05, 0) is 13.3 Å². The van der Waals surface area contributed by atoms with Crippen LogP contribution in [0.4, 0.5) is 0 Å². The Morgan fingerprint density at radius 3 is 1.74 bits per heavy atom. The molecular formula is C16H32O3. The quantitative estimate of drug-likeness (QED) is 0.304. The van der Waals surface area contributed by atoms with Crippen molar-refractivity contribution in [3.63, 3.8) is 0 Å². The van der Waals surface area contributed by atoms with Crippen LogP contribution in [0.3, 0.4) is 0 Å². The number of ether oxygens (including phenoxy) is 1. The van der Waals surface area contributed by atoms with Gasteiger partial charge in [-0.15, -0.1) is 0 Å². The van der Waals surface area contributed by atoms with Gasteiger partial charge in [-0.25, -0.2) is 4.79 Å². The molecule has 0 aliphatic heterocycles. The summed E-state index contributed by atoms with van der Waals surface area (Å²) in [4.78, 5) is 11.1. The Bertz CT molecular complexity index is 224. The number of hydrogen-bond donors (Lipinski definition) is 0. The molecule has 0 saturated carbocycles. The highest BCUT2D eigenvalue weighted by Crippen LogP contribution is 2.10. The first-order chi connectivity index (χ1) is 8.68. The van der Waals surface area contributed by atoms with Crippen LogP contribution >= 0.6 is 0 Å². The topological polar surface area (TPSA) is 57.8 Å². The van der Waals surface area contributed by atoms with Crippen molar-refractivity contribution in [1.82, 2.24) is 0 Å². The minimum atomic E-state index is -0.258. The van der Waals surface area contributed by atoms with E-state index < -0.39 is 0 Å². The number of carbonyl (C=O) groups excluding carboxylic acids is 1. The van der Waals surface area contributed by atoms with Crippen molar-refractivity contribution in [2.24, 2.45) is 0 Å². The van der Waals surface area contributed by atoms with E-state index in [0.717, 1.165) is 6.42 Å². The third kappa shape index (κ3) is 15.1. The molecule has 0 radical (unpaired) electrons. The van der Waals surface area contributed by atoms with Gasteiger partial charge in [0.1, 0.15) is 0 Å². The lowest BCUT2D eigenvalue weighted by Gasteiger charge is -2.04. The van der Waals surface area contributed by atoms with Gasteiger partial charge < -0.3 is 10.2 Å². The zero-order valence-corrected chi connectivity index (χ0v) is 12.8. The molecule has 19 heavy (non-hydrogen) atoms. The molecule has 0 aromatic rings. The SMILES string of the molecule is C=C(C)C(=O)OCCCCCCCCCCCC.O. The van der Waals surface area contributed by atoms with E-state index in [1.165, 1.54) is 57.8 Å². The maximum absolute atomic E-state index is 11.1. The summed E-state index contributed by atoms with van der Waals surface area (Å²) in [7, 11) is 0. The van der Waals surface area contributed by atoms with Gasteiger partial charge in [0.15, 0.2) is 0 Å². The molecule has 0 fully saturated rings. The highest BCUT2D eigenvalue weighted by atomic mass is 16.5. The first-order valence-electron chi connectivity index (χ1n) is 7.51. The Morgan fingerprint density at radius 1 is 0.895 bits per heavy atom. The average molecular weight is 272 g/mol. The minimum absolute atomic E-state index is 0. The van der Waals surface area contributed by atoms with Crippen LogP contribution in [0.15, 0.2) is 12.2 Å². The lowest BCUT2D eigenvalue weighted by molar-refractivity contribution is -0.139. The Kier molecular flexibility index (Phi) is 16.4. The fourth-order valence-corrected chi connectivity index (χ4v) is 1.88. The largest absolute Gasteiger partial charge is 0.462 e. The second-order valence-electron chi connectivity index (χ2n) is 5.10. The van der Waals surface area contributed by atoms with Crippen LogP contribution in [0.1, 0.15) is 78.1 Å². The van der Waals surface area contributed by atoms with Gasteiger partial charge in [0.05, 0.1) is 6.61 Å². The van der Waals surface area contributed by atoms with Gasteiger partial charge in [0, 0.05) is 5.57 Å². The van der Waals surface area contributed by atoms with E-state index in [2.05, 4.69) is 13.5 Å². The van der Waals surface area contributed by atoms with Crippen LogP contribution in [0.25, 0.3) is 0 Å². The van der Waals surface area contributed by atoms with Gasteiger partial charge in [0.2, 0.25) is 0 Å². The lowest BCUT2D eigenvalue weighted by Crippen LogP contribution is -2.05. The molecule has 0 aromatic carbocycles. The summed E-state index contributed by atoms with van der Waals surface area (Å²) in [6, 6.07) is 0. The zero-order valence-electron chi connectivity index (χ0n) is 12.8. The summed E-state index contributed by atoms with van der Waals surface area (Å²) in [6.07, 6.45) is 13.0. The monoisotopic (exact) mass is 272 g/mol.